The predicted molar refractivity (Wildman–Crippen MR) is 85.0 cm³/mol. The number of benzene rings is 1. The van der Waals surface area contributed by atoms with E-state index in [4.69, 9.17) is 4.74 Å². The van der Waals surface area contributed by atoms with Gasteiger partial charge in [-0.05, 0) is 24.6 Å². The van der Waals surface area contributed by atoms with Gasteiger partial charge in [0.1, 0.15) is 0 Å². The van der Waals surface area contributed by atoms with Crippen molar-refractivity contribution in [2.24, 2.45) is 10.1 Å². The number of amidine groups is 1. The fourth-order valence-electron chi connectivity index (χ4n) is 1.68. The van der Waals surface area contributed by atoms with E-state index in [-0.39, 0.29) is 6.04 Å². The van der Waals surface area contributed by atoms with Crippen molar-refractivity contribution in [3.63, 3.8) is 0 Å². The average molecular weight is 342 g/mol. The molecule has 1 aromatic carbocycles. The van der Waals surface area contributed by atoms with E-state index in [2.05, 4.69) is 43.6 Å². The summed E-state index contributed by atoms with van der Waals surface area (Å²) in [6, 6.07) is 8.28. The molecule has 4 nitrogen and oxygen atoms in total. The molecule has 0 aromatic heterocycles. The summed E-state index contributed by atoms with van der Waals surface area (Å²) in [5, 5.41) is 5.24. The van der Waals surface area contributed by atoms with E-state index in [1.54, 1.807) is 18.9 Å². The van der Waals surface area contributed by atoms with E-state index >= 15 is 0 Å². The molecule has 0 saturated heterocycles. The van der Waals surface area contributed by atoms with Crippen LogP contribution >= 0.6 is 27.7 Å². The van der Waals surface area contributed by atoms with Crippen LogP contribution in [-0.4, -0.2) is 36.4 Å². The van der Waals surface area contributed by atoms with Crippen LogP contribution in [0.1, 0.15) is 12.5 Å². The molecule has 0 aliphatic carbocycles. The summed E-state index contributed by atoms with van der Waals surface area (Å²) in [6.45, 7) is 2.64. The second-order valence-corrected chi connectivity index (χ2v) is 6.09. The number of nitrogens with one attached hydrogen (secondary N) is 1. The van der Waals surface area contributed by atoms with Crippen LogP contribution in [-0.2, 0) is 4.74 Å². The van der Waals surface area contributed by atoms with Gasteiger partial charge in [0.2, 0.25) is 0 Å². The van der Waals surface area contributed by atoms with Crippen molar-refractivity contribution in [2.75, 3.05) is 19.5 Å². The van der Waals surface area contributed by atoms with Gasteiger partial charge in [0.15, 0.2) is 5.17 Å². The number of methoxy groups -OCH3 is 1. The monoisotopic (exact) mass is 341 g/mol. The van der Waals surface area contributed by atoms with Gasteiger partial charge in [-0.2, -0.15) is 5.10 Å². The molecule has 0 radical (unpaired) electrons. The van der Waals surface area contributed by atoms with Crippen molar-refractivity contribution < 1.29 is 4.74 Å². The number of halogens is 1. The number of hydrogen-bond acceptors (Lipinski definition) is 4. The van der Waals surface area contributed by atoms with Gasteiger partial charge in [-0.1, -0.05) is 39.8 Å². The zero-order chi connectivity index (χ0) is 13.7. The summed E-state index contributed by atoms with van der Waals surface area (Å²) >= 11 is 5.13. The Morgan fingerprint density at radius 1 is 1.58 bits per heavy atom. The van der Waals surface area contributed by atoms with Gasteiger partial charge in [-0.3, -0.25) is 10.4 Å². The highest BCUT2D eigenvalue weighted by molar-refractivity contribution is 9.10. The van der Waals surface area contributed by atoms with Gasteiger partial charge in [-0.25, -0.2) is 0 Å². The van der Waals surface area contributed by atoms with Crippen LogP contribution < -0.4 is 5.43 Å². The number of nitrogens with zero attached hydrogens (tertiary/aromatic N) is 2. The molecule has 1 aliphatic rings. The van der Waals surface area contributed by atoms with Crippen LogP contribution in [0, 0.1) is 0 Å². The van der Waals surface area contributed by atoms with Crippen molar-refractivity contribution in [2.45, 2.75) is 13.0 Å². The third kappa shape index (κ3) is 4.33. The van der Waals surface area contributed by atoms with Gasteiger partial charge in [0, 0.05) is 17.3 Å². The van der Waals surface area contributed by atoms with Crippen molar-refractivity contribution >= 4 is 38.6 Å². The number of rotatable bonds is 4. The minimum Gasteiger partial charge on any atom is -0.382 e. The molecule has 2 rings (SSSR count). The Labute approximate surface area is 125 Å². The lowest BCUT2D eigenvalue weighted by Gasteiger charge is -2.16. The summed E-state index contributed by atoms with van der Waals surface area (Å²) in [4.78, 5) is 4.50. The number of aliphatic imine (C=N–C) groups is 1. The second kappa shape index (κ2) is 7.07. The number of ether oxygens (including phenoxy) is 1. The molecule has 0 amide bonds. The third-order valence-electron chi connectivity index (χ3n) is 2.54. The predicted octanol–water partition coefficient (Wildman–Crippen LogP) is 2.88. The topological polar surface area (TPSA) is 46.0 Å². The van der Waals surface area contributed by atoms with Gasteiger partial charge >= 0.3 is 0 Å². The van der Waals surface area contributed by atoms with Crippen molar-refractivity contribution in [3.8, 4) is 0 Å². The molecular weight excluding hydrogens is 326 g/mol. The van der Waals surface area contributed by atoms with E-state index in [0.717, 1.165) is 26.7 Å². The minimum atomic E-state index is 0.141. The van der Waals surface area contributed by atoms with Gasteiger partial charge in [-0.15, -0.1) is 0 Å². The zero-order valence-electron chi connectivity index (χ0n) is 10.9. The lowest BCUT2D eigenvalue weighted by atomic mass is 10.1. The van der Waals surface area contributed by atoms with Gasteiger partial charge in [0.05, 0.1) is 18.4 Å². The van der Waals surface area contributed by atoms with Crippen molar-refractivity contribution in [1.29, 1.82) is 0 Å². The first-order valence-corrected chi connectivity index (χ1v) is 7.75. The normalized spacial score (nSPS) is 18.9. The lowest BCUT2D eigenvalue weighted by Crippen LogP contribution is -2.27. The summed E-state index contributed by atoms with van der Waals surface area (Å²) in [6.07, 6.45) is 0. The SMILES string of the molecule is COC[C@@H](C)N=C1NN=C(c2cccc(Br)c2)CS1. The Balaban J connectivity index is 2.04. The molecule has 6 heteroatoms. The number of hydrazone groups is 1. The Morgan fingerprint density at radius 3 is 3.05 bits per heavy atom. The maximum absolute atomic E-state index is 5.06. The van der Waals surface area contributed by atoms with Crippen molar-refractivity contribution in [1.82, 2.24) is 5.43 Å². The molecule has 0 saturated carbocycles. The Hall–Kier alpha value is -0.850. The van der Waals surface area contributed by atoms with Crippen molar-refractivity contribution in [3.05, 3.63) is 34.3 Å². The highest BCUT2D eigenvalue weighted by Gasteiger charge is 2.14. The summed E-state index contributed by atoms with van der Waals surface area (Å²) in [5.74, 6) is 0.821. The van der Waals surface area contributed by atoms with Crippen LogP contribution in [0.25, 0.3) is 0 Å². The first-order chi connectivity index (χ1) is 9.19. The number of thioether (sulfide) groups is 1. The Kier molecular flexibility index (Phi) is 5.42. The molecule has 19 heavy (non-hydrogen) atoms. The molecule has 1 aliphatic heterocycles. The first-order valence-electron chi connectivity index (χ1n) is 5.97. The Morgan fingerprint density at radius 2 is 2.42 bits per heavy atom. The van der Waals surface area contributed by atoms with Gasteiger partial charge < -0.3 is 4.74 Å². The van der Waals surface area contributed by atoms with Crippen LogP contribution in [0.15, 0.2) is 38.8 Å². The number of hydrogen-bond donors (Lipinski definition) is 1. The summed E-state index contributed by atoms with van der Waals surface area (Å²) in [5.41, 5.74) is 5.16. The first kappa shape index (κ1) is 14.6. The molecular formula is C13H16BrN3OS. The molecule has 0 fully saturated rings. The Bertz CT molecular complexity index is 504. The molecule has 1 aromatic rings. The fourth-order valence-corrected chi connectivity index (χ4v) is 2.95. The van der Waals surface area contributed by atoms with Crippen LogP contribution in [0.3, 0.4) is 0 Å². The zero-order valence-corrected chi connectivity index (χ0v) is 13.3. The molecule has 102 valence electrons. The maximum atomic E-state index is 5.06. The van der Waals surface area contributed by atoms with Crippen LogP contribution in [0.4, 0.5) is 0 Å². The van der Waals surface area contributed by atoms with Gasteiger partial charge in [0.25, 0.3) is 0 Å². The molecule has 0 bridgehead atoms. The summed E-state index contributed by atoms with van der Waals surface area (Å²) < 4.78 is 6.12. The molecule has 1 atom stereocenters. The fraction of sp³-hybridized carbons (Fsp3) is 0.385. The molecule has 1 N–H and O–H groups in total. The molecule has 0 unspecified atom stereocenters. The van der Waals surface area contributed by atoms with E-state index in [0.29, 0.717) is 6.61 Å². The van der Waals surface area contributed by atoms with E-state index in [1.165, 1.54) is 0 Å². The van der Waals surface area contributed by atoms with E-state index < -0.39 is 0 Å². The largest absolute Gasteiger partial charge is 0.382 e. The second-order valence-electron chi connectivity index (χ2n) is 4.21. The highest BCUT2D eigenvalue weighted by Crippen LogP contribution is 2.17. The quantitative estimate of drug-likeness (QED) is 0.915. The lowest BCUT2D eigenvalue weighted by molar-refractivity contribution is 0.186. The van der Waals surface area contributed by atoms with E-state index in [9.17, 15) is 0 Å². The smallest absolute Gasteiger partial charge is 0.177 e. The summed E-state index contributed by atoms with van der Waals surface area (Å²) in [7, 11) is 1.68. The van der Waals surface area contributed by atoms with Crippen LogP contribution in [0.5, 0.6) is 0 Å². The third-order valence-corrected chi connectivity index (χ3v) is 3.92. The highest BCUT2D eigenvalue weighted by atomic mass is 79.9. The minimum absolute atomic E-state index is 0.141. The molecule has 0 spiro atoms. The maximum Gasteiger partial charge on any atom is 0.177 e. The molecule has 1 heterocycles. The van der Waals surface area contributed by atoms with Crippen LogP contribution in [0.2, 0.25) is 0 Å². The van der Waals surface area contributed by atoms with E-state index in [1.807, 2.05) is 19.1 Å². The standard InChI is InChI=1S/C13H16BrN3OS/c1-9(7-18-2)15-13-17-16-12(8-19-13)10-4-3-5-11(14)6-10/h3-6,9H,7-8H2,1-2H3,(H,15,17)/t9-/m1/s1. The average Bonchev–Trinajstić information content (AvgIpc) is 2.40.